The highest BCUT2D eigenvalue weighted by Crippen LogP contribution is 2.29. The van der Waals surface area contributed by atoms with Gasteiger partial charge in [-0.1, -0.05) is 11.6 Å². The largest absolute Gasteiger partial charge is 0.348 e. The van der Waals surface area contributed by atoms with Crippen molar-refractivity contribution in [2.24, 2.45) is 0 Å². The van der Waals surface area contributed by atoms with Gasteiger partial charge < -0.3 is 14.8 Å². The number of piperazine rings is 1. The minimum Gasteiger partial charge on any atom is -0.348 e. The molecule has 8 heteroatoms. The van der Waals surface area contributed by atoms with Crippen LogP contribution in [0.1, 0.15) is 24.2 Å². The highest BCUT2D eigenvalue weighted by atomic mass is 35.5. The number of carbonyl (C=O) groups is 2. The van der Waals surface area contributed by atoms with E-state index in [-0.39, 0.29) is 11.8 Å². The fourth-order valence-corrected chi connectivity index (χ4v) is 3.09. The van der Waals surface area contributed by atoms with E-state index in [1.54, 1.807) is 41.2 Å². The maximum absolute atomic E-state index is 13.1. The highest BCUT2D eigenvalue weighted by Gasteiger charge is 2.33. The molecule has 126 valence electrons. The lowest BCUT2D eigenvalue weighted by Gasteiger charge is -2.35. The van der Waals surface area contributed by atoms with Crippen LogP contribution in [0, 0.1) is 0 Å². The molecule has 1 aliphatic rings. The van der Waals surface area contributed by atoms with Crippen LogP contribution in [0.3, 0.4) is 0 Å². The number of amides is 2. The SMILES string of the molecule is CC(=O)N1CCN(C(=O)C(c2cnc[nH]2)c2ncccc2Cl)CC1. The van der Waals surface area contributed by atoms with E-state index in [0.29, 0.717) is 42.6 Å². The number of hydrogen-bond donors (Lipinski definition) is 1. The normalized spacial score (nSPS) is 16.1. The standard InChI is InChI=1S/C16H18ClN5O2/c1-11(23)21-5-7-22(8-6-21)16(24)14(13-9-18-10-20-13)15-12(17)3-2-4-19-15/h2-4,9-10,14H,5-8H2,1H3,(H,18,20). The number of aromatic amines is 1. The third kappa shape index (κ3) is 3.26. The van der Waals surface area contributed by atoms with E-state index in [4.69, 9.17) is 11.6 Å². The first-order valence-corrected chi connectivity index (χ1v) is 8.08. The quantitative estimate of drug-likeness (QED) is 0.906. The van der Waals surface area contributed by atoms with Gasteiger partial charge in [0.15, 0.2) is 0 Å². The van der Waals surface area contributed by atoms with Crippen molar-refractivity contribution < 1.29 is 9.59 Å². The van der Waals surface area contributed by atoms with Crippen molar-refractivity contribution in [1.82, 2.24) is 24.8 Å². The Morgan fingerprint density at radius 3 is 2.54 bits per heavy atom. The summed E-state index contributed by atoms with van der Waals surface area (Å²) in [5.74, 6) is -0.701. The Kier molecular flexibility index (Phi) is 4.80. The van der Waals surface area contributed by atoms with Crippen molar-refractivity contribution in [2.75, 3.05) is 26.2 Å². The zero-order valence-corrected chi connectivity index (χ0v) is 14.0. The molecule has 0 bridgehead atoms. The number of aromatic nitrogens is 3. The minimum absolute atomic E-state index is 0.0278. The number of carbonyl (C=O) groups excluding carboxylic acids is 2. The van der Waals surface area contributed by atoms with Crippen molar-refractivity contribution in [3.05, 3.63) is 47.3 Å². The molecule has 1 fully saturated rings. The number of rotatable bonds is 3. The van der Waals surface area contributed by atoms with E-state index in [9.17, 15) is 9.59 Å². The second kappa shape index (κ2) is 7.00. The molecule has 2 aromatic heterocycles. The van der Waals surface area contributed by atoms with Crippen LogP contribution in [0.25, 0.3) is 0 Å². The summed E-state index contributed by atoms with van der Waals surface area (Å²) < 4.78 is 0. The first kappa shape index (κ1) is 16.4. The van der Waals surface area contributed by atoms with E-state index in [2.05, 4.69) is 15.0 Å². The van der Waals surface area contributed by atoms with Gasteiger partial charge in [0.1, 0.15) is 5.92 Å². The van der Waals surface area contributed by atoms with Gasteiger partial charge >= 0.3 is 0 Å². The third-order valence-corrected chi connectivity index (χ3v) is 4.49. The Bertz CT molecular complexity index is 726. The third-order valence-electron chi connectivity index (χ3n) is 4.17. The van der Waals surface area contributed by atoms with Crippen molar-refractivity contribution in [2.45, 2.75) is 12.8 Å². The smallest absolute Gasteiger partial charge is 0.237 e. The van der Waals surface area contributed by atoms with Gasteiger partial charge in [-0.25, -0.2) is 4.98 Å². The van der Waals surface area contributed by atoms with E-state index < -0.39 is 5.92 Å². The summed E-state index contributed by atoms with van der Waals surface area (Å²) in [4.78, 5) is 39.3. The van der Waals surface area contributed by atoms with E-state index in [1.165, 1.54) is 6.33 Å². The number of halogens is 1. The molecule has 1 saturated heterocycles. The van der Waals surface area contributed by atoms with Crippen LogP contribution in [0.4, 0.5) is 0 Å². The van der Waals surface area contributed by atoms with E-state index >= 15 is 0 Å². The molecular formula is C16H18ClN5O2. The number of H-pyrrole nitrogens is 1. The lowest BCUT2D eigenvalue weighted by atomic mass is 9.98. The lowest BCUT2D eigenvalue weighted by Crippen LogP contribution is -2.51. The molecule has 7 nitrogen and oxygen atoms in total. The van der Waals surface area contributed by atoms with Gasteiger partial charge in [0.05, 0.1) is 22.7 Å². The number of pyridine rings is 1. The number of nitrogens with zero attached hydrogens (tertiary/aromatic N) is 4. The Balaban J connectivity index is 1.86. The summed E-state index contributed by atoms with van der Waals surface area (Å²) in [6, 6.07) is 3.44. The Morgan fingerprint density at radius 2 is 1.96 bits per heavy atom. The zero-order valence-electron chi connectivity index (χ0n) is 13.3. The summed E-state index contributed by atoms with van der Waals surface area (Å²) in [6.45, 7) is 3.60. The predicted octanol–water partition coefficient (Wildman–Crippen LogP) is 1.28. The number of imidazole rings is 1. The molecule has 24 heavy (non-hydrogen) atoms. The Hall–Kier alpha value is -2.41. The average Bonchev–Trinajstić information content (AvgIpc) is 3.11. The molecule has 1 N–H and O–H groups in total. The second-order valence-electron chi connectivity index (χ2n) is 5.64. The summed E-state index contributed by atoms with van der Waals surface area (Å²) in [5.41, 5.74) is 1.15. The van der Waals surface area contributed by atoms with Crippen LogP contribution in [-0.4, -0.2) is 62.7 Å². The molecule has 1 aliphatic heterocycles. The molecule has 0 aliphatic carbocycles. The summed E-state index contributed by atoms with van der Waals surface area (Å²) in [5, 5.41) is 0.438. The van der Waals surface area contributed by atoms with Crippen LogP contribution in [0.15, 0.2) is 30.9 Å². The summed E-state index contributed by atoms with van der Waals surface area (Å²) in [6.07, 6.45) is 4.76. The molecule has 0 saturated carbocycles. The molecule has 3 rings (SSSR count). The molecular weight excluding hydrogens is 330 g/mol. The van der Waals surface area contributed by atoms with Gasteiger partial charge in [-0.15, -0.1) is 0 Å². The first-order chi connectivity index (χ1) is 11.6. The van der Waals surface area contributed by atoms with Gasteiger partial charge in [-0.3, -0.25) is 14.6 Å². The topological polar surface area (TPSA) is 82.2 Å². The van der Waals surface area contributed by atoms with Gasteiger partial charge in [0.25, 0.3) is 0 Å². The van der Waals surface area contributed by atoms with E-state index in [1.807, 2.05) is 0 Å². The van der Waals surface area contributed by atoms with Gasteiger partial charge in [-0.2, -0.15) is 0 Å². The van der Waals surface area contributed by atoms with Crippen molar-refractivity contribution >= 4 is 23.4 Å². The zero-order chi connectivity index (χ0) is 17.1. The van der Waals surface area contributed by atoms with E-state index in [0.717, 1.165) is 0 Å². The lowest BCUT2D eigenvalue weighted by molar-refractivity contribution is -0.138. The highest BCUT2D eigenvalue weighted by molar-refractivity contribution is 6.31. The number of hydrogen-bond acceptors (Lipinski definition) is 4. The molecule has 0 spiro atoms. The molecule has 0 radical (unpaired) electrons. The van der Waals surface area contributed by atoms with Crippen LogP contribution in [0.5, 0.6) is 0 Å². The first-order valence-electron chi connectivity index (χ1n) is 7.71. The second-order valence-corrected chi connectivity index (χ2v) is 6.05. The predicted molar refractivity (Wildman–Crippen MR) is 88.5 cm³/mol. The molecule has 3 heterocycles. The summed E-state index contributed by atoms with van der Waals surface area (Å²) >= 11 is 6.26. The van der Waals surface area contributed by atoms with Gasteiger partial charge in [0.2, 0.25) is 11.8 Å². The van der Waals surface area contributed by atoms with Crippen LogP contribution in [0.2, 0.25) is 5.02 Å². The van der Waals surface area contributed by atoms with Crippen molar-refractivity contribution in [3.8, 4) is 0 Å². The average molecular weight is 348 g/mol. The minimum atomic E-state index is -0.634. The van der Waals surface area contributed by atoms with Gasteiger partial charge in [-0.05, 0) is 12.1 Å². The number of nitrogens with one attached hydrogen (secondary N) is 1. The molecule has 2 amide bonds. The van der Waals surface area contributed by atoms with Gasteiger partial charge in [0, 0.05) is 45.5 Å². The van der Waals surface area contributed by atoms with Crippen molar-refractivity contribution in [3.63, 3.8) is 0 Å². The molecule has 0 aromatic carbocycles. The van der Waals surface area contributed by atoms with Crippen LogP contribution >= 0.6 is 11.6 Å². The Labute approximate surface area is 144 Å². The fourth-order valence-electron chi connectivity index (χ4n) is 2.86. The Morgan fingerprint density at radius 1 is 1.25 bits per heavy atom. The summed E-state index contributed by atoms with van der Waals surface area (Å²) in [7, 11) is 0. The van der Waals surface area contributed by atoms with Crippen molar-refractivity contribution in [1.29, 1.82) is 0 Å². The maximum atomic E-state index is 13.1. The molecule has 1 atom stereocenters. The fraction of sp³-hybridized carbons (Fsp3) is 0.375. The molecule has 1 unspecified atom stereocenters. The van der Waals surface area contributed by atoms with Crippen LogP contribution < -0.4 is 0 Å². The maximum Gasteiger partial charge on any atom is 0.237 e. The van der Waals surface area contributed by atoms with Crippen LogP contribution in [-0.2, 0) is 9.59 Å². The monoisotopic (exact) mass is 347 g/mol. The molecule has 2 aromatic rings.